The van der Waals surface area contributed by atoms with Gasteiger partial charge in [-0.15, -0.1) is 0 Å². The molecule has 1 amide bonds. The Morgan fingerprint density at radius 3 is 2.47 bits per heavy atom. The molecular weight excluding hydrogens is 592 g/mol. The largest absolute Gasteiger partial charge is 0.497 e. The number of anilines is 4. The molecule has 2 heterocycles. The van der Waals surface area contributed by atoms with Gasteiger partial charge in [-0.1, -0.05) is 32.4 Å². The van der Waals surface area contributed by atoms with Crippen molar-refractivity contribution in [1.29, 1.82) is 0 Å². The summed E-state index contributed by atoms with van der Waals surface area (Å²) in [4.78, 5) is 24.2. The number of unbranched alkanes of at least 4 members (excludes halogenated alkanes) is 2. The molecule has 11 heteroatoms. The SMILES string of the molecule is COc1cc(OC)cc(N(CCNC(C)C)c2ccc3ncc(-c4cnn(CCCCCC(=O)Nc5ccccc5N)c4)nc3c2)c1. The van der Waals surface area contributed by atoms with Gasteiger partial charge >= 0.3 is 0 Å². The van der Waals surface area contributed by atoms with Crippen LogP contribution in [0.15, 0.2) is 79.3 Å². The number of aryl methyl sites for hydroxylation is 1. The number of hydrogen-bond acceptors (Lipinski definition) is 9. The first kappa shape index (κ1) is 33.2. The molecule has 5 aromatic rings. The number of methoxy groups -OCH3 is 2. The average Bonchev–Trinajstić information content (AvgIpc) is 3.55. The number of nitrogen functional groups attached to an aromatic ring is 1. The van der Waals surface area contributed by atoms with Gasteiger partial charge in [0.2, 0.25) is 5.91 Å². The van der Waals surface area contributed by atoms with Crippen molar-refractivity contribution < 1.29 is 14.3 Å². The molecular formula is C36H44N8O3. The van der Waals surface area contributed by atoms with E-state index in [0.29, 0.717) is 23.8 Å². The van der Waals surface area contributed by atoms with E-state index in [2.05, 4.69) is 46.6 Å². The van der Waals surface area contributed by atoms with Gasteiger partial charge in [0.05, 0.1) is 54.7 Å². The molecule has 0 aliphatic heterocycles. The van der Waals surface area contributed by atoms with Crippen molar-refractivity contribution >= 4 is 39.7 Å². The van der Waals surface area contributed by atoms with Gasteiger partial charge in [-0.05, 0) is 43.2 Å². The maximum absolute atomic E-state index is 12.3. The third kappa shape index (κ3) is 8.98. The van der Waals surface area contributed by atoms with E-state index in [1.807, 2.05) is 59.5 Å². The third-order valence-corrected chi connectivity index (χ3v) is 7.83. The summed E-state index contributed by atoms with van der Waals surface area (Å²) in [6.45, 7) is 6.54. The minimum Gasteiger partial charge on any atom is -0.497 e. The first-order chi connectivity index (χ1) is 22.8. The number of nitrogens with zero attached hydrogens (tertiary/aromatic N) is 5. The first-order valence-corrected chi connectivity index (χ1v) is 16.0. The van der Waals surface area contributed by atoms with Crippen molar-refractivity contribution in [1.82, 2.24) is 25.1 Å². The van der Waals surface area contributed by atoms with Gasteiger partial charge in [0, 0.05) is 73.4 Å². The Labute approximate surface area is 276 Å². The quantitative estimate of drug-likeness (QED) is 0.0828. The Hall–Kier alpha value is -5.16. The first-order valence-electron chi connectivity index (χ1n) is 16.0. The van der Waals surface area contributed by atoms with E-state index in [0.717, 1.165) is 84.1 Å². The minimum atomic E-state index is -0.0270. The predicted molar refractivity (Wildman–Crippen MR) is 188 cm³/mol. The van der Waals surface area contributed by atoms with Crippen LogP contribution in [0, 0.1) is 0 Å². The summed E-state index contributed by atoms with van der Waals surface area (Å²) in [7, 11) is 3.31. The smallest absolute Gasteiger partial charge is 0.224 e. The van der Waals surface area contributed by atoms with Crippen molar-refractivity contribution in [3.05, 3.63) is 79.3 Å². The van der Waals surface area contributed by atoms with Crippen molar-refractivity contribution in [2.75, 3.05) is 43.3 Å². The van der Waals surface area contributed by atoms with E-state index < -0.39 is 0 Å². The molecule has 0 saturated heterocycles. The zero-order chi connectivity index (χ0) is 33.2. The van der Waals surface area contributed by atoms with Crippen LogP contribution in [0.5, 0.6) is 11.5 Å². The molecule has 4 N–H and O–H groups in total. The number of carbonyl (C=O) groups is 1. The van der Waals surface area contributed by atoms with Crippen molar-refractivity contribution in [2.24, 2.45) is 0 Å². The highest BCUT2D eigenvalue weighted by molar-refractivity contribution is 5.93. The van der Waals surface area contributed by atoms with Crippen LogP contribution in [0.1, 0.15) is 39.5 Å². The number of aromatic nitrogens is 4. The molecule has 246 valence electrons. The fourth-order valence-electron chi connectivity index (χ4n) is 5.31. The molecule has 0 unspecified atom stereocenters. The minimum absolute atomic E-state index is 0.0270. The second kappa shape index (κ2) is 15.9. The van der Waals surface area contributed by atoms with Gasteiger partial charge in [0.25, 0.3) is 0 Å². The summed E-state index contributed by atoms with van der Waals surface area (Å²) in [6.07, 6.45) is 8.67. The standard InChI is InChI=1S/C36H44N8O3/c1-25(2)38-15-17-44(28-18-29(46-3)21-30(19-28)47-4)27-13-14-33-34(20-27)41-35(23-39-33)26-22-40-43(24-26)16-9-5-6-12-36(45)42-32-11-8-7-10-31(32)37/h7-8,10-11,13-14,18-25,38H,5-6,9,12,15-17,37H2,1-4H3,(H,42,45). The number of benzene rings is 3. The van der Waals surface area contributed by atoms with Crippen LogP contribution in [0.2, 0.25) is 0 Å². The van der Waals surface area contributed by atoms with Gasteiger partial charge in [0.15, 0.2) is 0 Å². The van der Waals surface area contributed by atoms with Crippen LogP contribution in [-0.4, -0.2) is 59.0 Å². The number of para-hydroxylation sites is 2. The number of nitrogens with two attached hydrogens (primary N) is 1. The normalized spacial score (nSPS) is 11.2. The maximum Gasteiger partial charge on any atom is 0.224 e. The Morgan fingerprint density at radius 1 is 0.936 bits per heavy atom. The summed E-state index contributed by atoms with van der Waals surface area (Å²) in [5, 5.41) is 11.0. The van der Waals surface area contributed by atoms with Gasteiger partial charge in [0.1, 0.15) is 11.5 Å². The Balaban J connectivity index is 1.25. The van der Waals surface area contributed by atoms with Gasteiger partial charge in [-0.2, -0.15) is 5.10 Å². The molecule has 0 spiro atoms. The van der Waals surface area contributed by atoms with Crippen molar-refractivity contribution in [3.8, 4) is 22.8 Å². The highest BCUT2D eigenvalue weighted by Crippen LogP contribution is 2.34. The van der Waals surface area contributed by atoms with Gasteiger partial charge < -0.3 is 30.7 Å². The highest BCUT2D eigenvalue weighted by atomic mass is 16.5. The second-order valence-electron chi connectivity index (χ2n) is 11.7. The fourth-order valence-corrected chi connectivity index (χ4v) is 5.31. The molecule has 0 saturated carbocycles. The van der Waals surface area contributed by atoms with Crippen LogP contribution < -0.4 is 30.7 Å². The molecule has 2 aromatic heterocycles. The predicted octanol–water partition coefficient (Wildman–Crippen LogP) is 6.43. The van der Waals surface area contributed by atoms with Gasteiger partial charge in [-0.25, -0.2) is 4.98 Å². The van der Waals surface area contributed by atoms with E-state index in [1.165, 1.54) is 0 Å². The van der Waals surface area contributed by atoms with E-state index in [-0.39, 0.29) is 5.91 Å². The molecule has 3 aromatic carbocycles. The summed E-state index contributed by atoms with van der Waals surface area (Å²) in [6, 6.07) is 19.7. The van der Waals surface area contributed by atoms with E-state index >= 15 is 0 Å². The Kier molecular flexibility index (Phi) is 11.2. The van der Waals surface area contributed by atoms with E-state index in [4.69, 9.17) is 25.2 Å². The molecule has 47 heavy (non-hydrogen) atoms. The zero-order valence-electron chi connectivity index (χ0n) is 27.6. The second-order valence-corrected chi connectivity index (χ2v) is 11.7. The number of fused-ring (bicyclic) bond motifs is 1. The lowest BCUT2D eigenvalue weighted by atomic mass is 10.1. The van der Waals surface area contributed by atoms with Crippen LogP contribution in [0.4, 0.5) is 22.7 Å². The molecule has 0 fully saturated rings. The number of amides is 1. The molecule has 11 nitrogen and oxygen atoms in total. The van der Waals surface area contributed by atoms with E-state index in [1.54, 1.807) is 26.5 Å². The Morgan fingerprint density at radius 2 is 1.72 bits per heavy atom. The van der Waals surface area contributed by atoms with Crippen LogP contribution >= 0.6 is 0 Å². The summed E-state index contributed by atoms with van der Waals surface area (Å²) < 4.78 is 13.0. The lowest BCUT2D eigenvalue weighted by Gasteiger charge is -2.27. The molecule has 0 aliphatic carbocycles. The third-order valence-electron chi connectivity index (χ3n) is 7.83. The van der Waals surface area contributed by atoms with Gasteiger partial charge in [-0.3, -0.25) is 14.5 Å². The molecule has 0 radical (unpaired) electrons. The van der Waals surface area contributed by atoms with Crippen LogP contribution in [0.25, 0.3) is 22.3 Å². The Bertz CT molecular complexity index is 1770. The highest BCUT2D eigenvalue weighted by Gasteiger charge is 2.15. The topological polar surface area (TPSA) is 132 Å². The monoisotopic (exact) mass is 636 g/mol. The number of ether oxygens (including phenoxy) is 2. The molecule has 0 bridgehead atoms. The summed E-state index contributed by atoms with van der Waals surface area (Å²) in [5.41, 5.74) is 12.4. The van der Waals surface area contributed by atoms with Crippen molar-refractivity contribution in [3.63, 3.8) is 0 Å². The zero-order valence-corrected chi connectivity index (χ0v) is 27.6. The molecule has 0 atom stereocenters. The lowest BCUT2D eigenvalue weighted by molar-refractivity contribution is -0.116. The fraction of sp³-hybridized carbons (Fsp3) is 0.333. The average molecular weight is 637 g/mol. The van der Waals surface area contributed by atoms with Crippen molar-refractivity contribution in [2.45, 2.75) is 52.1 Å². The van der Waals surface area contributed by atoms with Crippen LogP contribution in [0.3, 0.4) is 0 Å². The number of rotatable bonds is 16. The summed E-state index contributed by atoms with van der Waals surface area (Å²) >= 11 is 0. The number of nitrogens with one attached hydrogen (secondary N) is 2. The van der Waals surface area contributed by atoms with Crippen LogP contribution in [-0.2, 0) is 11.3 Å². The molecule has 5 rings (SSSR count). The number of hydrogen-bond donors (Lipinski definition) is 3. The van der Waals surface area contributed by atoms with E-state index in [9.17, 15) is 4.79 Å². The number of carbonyl (C=O) groups excluding carboxylic acids is 1. The summed E-state index contributed by atoms with van der Waals surface area (Å²) in [5.74, 6) is 1.42. The lowest BCUT2D eigenvalue weighted by Crippen LogP contribution is -2.32. The maximum atomic E-state index is 12.3. The molecule has 0 aliphatic rings.